The zero-order chi connectivity index (χ0) is 18.4. The van der Waals surface area contributed by atoms with Crippen LogP contribution in [0.4, 0.5) is 0 Å². The topological polar surface area (TPSA) is 71.8 Å². The number of aromatic nitrogens is 2. The Labute approximate surface area is 158 Å². The predicted octanol–water partition coefficient (Wildman–Crippen LogP) is 1.66. The van der Waals surface area contributed by atoms with Gasteiger partial charge in [-0.1, -0.05) is 0 Å². The Morgan fingerprint density at radius 1 is 1.33 bits per heavy atom. The highest BCUT2D eigenvalue weighted by molar-refractivity contribution is 6.07. The molecule has 7 heteroatoms. The normalized spacial score (nSPS) is 26.9. The molecule has 1 amide bonds. The third kappa shape index (κ3) is 2.90. The van der Waals surface area contributed by atoms with Crippen LogP contribution in [0.3, 0.4) is 0 Å². The number of hydrogen-bond acceptors (Lipinski definition) is 5. The Hall–Kier alpha value is -2.41. The van der Waals surface area contributed by atoms with E-state index in [1.165, 1.54) is 25.9 Å². The molecule has 0 radical (unpaired) electrons. The van der Waals surface area contributed by atoms with Crippen molar-refractivity contribution in [2.24, 2.45) is 10.9 Å². The minimum Gasteiger partial charge on any atom is -0.476 e. The van der Waals surface area contributed by atoms with Crippen molar-refractivity contribution < 1.29 is 9.53 Å². The van der Waals surface area contributed by atoms with Crippen LogP contribution in [0.2, 0.25) is 0 Å². The molecule has 0 spiro atoms. The first-order chi connectivity index (χ1) is 13.2. The van der Waals surface area contributed by atoms with Crippen LogP contribution >= 0.6 is 0 Å². The molecule has 0 saturated carbocycles. The standard InChI is InChI=1S/C20H25N5O2/c1-2-25-17-11-14(20-21-7-10-27-20)3-4-15(17)18(23-25)19(26)22-16-12-24-8-5-13(16)6-9-24/h3-4,11,13,16H,2,5-10,12H2,1H3,(H,22,26)/t16-/m1/s1. The molecule has 4 aliphatic rings. The van der Waals surface area contributed by atoms with Crippen LogP contribution in [0, 0.1) is 5.92 Å². The number of carbonyl (C=O) groups is 1. The molecular weight excluding hydrogens is 342 g/mol. The minimum atomic E-state index is -0.0619. The lowest BCUT2D eigenvalue weighted by atomic mass is 9.84. The zero-order valence-electron chi connectivity index (χ0n) is 15.6. The number of ether oxygens (including phenoxy) is 1. The molecule has 6 rings (SSSR count). The molecule has 2 aromatic rings. The van der Waals surface area contributed by atoms with Gasteiger partial charge in [0.15, 0.2) is 5.69 Å². The third-order valence-electron chi connectivity index (χ3n) is 6.07. The minimum absolute atomic E-state index is 0.0619. The maximum atomic E-state index is 13.0. The summed E-state index contributed by atoms with van der Waals surface area (Å²) < 4.78 is 7.47. The maximum Gasteiger partial charge on any atom is 0.272 e. The number of fused-ring (bicyclic) bond motifs is 4. The first-order valence-corrected chi connectivity index (χ1v) is 9.94. The molecule has 1 aromatic carbocycles. The largest absolute Gasteiger partial charge is 0.476 e. The molecule has 3 fully saturated rings. The van der Waals surface area contributed by atoms with Crippen molar-refractivity contribution in [1.29, 1.82) is 0 Å². The van der Waals surface area contributed by atoms with Crippen LogP contribution in [0.1, 0.15) is 35.8 Å². The number of hydrogen-bond donors (Lipinski definition) is 1. The number of carbonyl (C=O) groups excluding carboxylic acids is 1. The molecule has 3 saturated heterocycles. The molecule has 27 heavy (non-hydrogen) atoms. The van der Waals surface area contributed by atoms with Crippen LogP contribution in [-0.2, 0) is 11.3 Å². The highest BCUT2D eigenvalue weighted by Crippen LogP contribution is 2.28. The lowest BCUT2D eigenvalue weighted by molar-refractivity contribution is 0.0618. The highest BCUT2D eigenvalue weighted by atomic mass is 16.5. The van der Waals surface area contributed by atoms with Gasteiger partial charge in [0.05, 0.1) is 12.1 Å². The number of aliphatic imine (C=N–C) groups is 1. The second kappa shape index (κ2) is 6.64. The lowest BCUT2D eigenvalue weighted by Gasteiger charge is -2.44. The summed E-state index contributed by atoms with van der Waals surface area (Å²) in [5.74, 6) is 1.22. The lowest BCUT2D eigenvalue weighted by Crippen LogP contribution is -2.57. The van der Waals surface area contributed by atoms with Crippen molar-refractivity contribution in [2.75, 3.05) is 32.8 Å². The van der Waals surface area contributed by atoms with Gasteiger partial charge in [-0.2, -0.15) is 5.10 Å². The summed E-state index contributed by atoms with van der Waals surface area (Å²) in [6.07, 6.45) is 2.36. The molecule has 0 unspecified atom stereocenters. The van der Waals surface area contributed by atoms with Crippen molar-refractivity contribution in [3.63, 3.8) is 0 Å². The Balaban J connectivity index is 1.45. The van der Waals surface area contributed by atoms with E-state index in [0.29, 0.717) is 37.2 Å². The number of piperidine rings is 3. The predicted molar refractivity (Wildman–Crippen MR) is 103 cm³/mol. The zero-order valence-corrected chi connectivity index (χ0v) is 15.6. The van der Waals surface area contributed by atoms with E-state index in [1.807, 2.05) is 29.8 Å². The quantitative estimate of drug-likeness (QED) is 0.892. The molecule has 2 bridgehead atoms. The van der Waals surface area contributed by atoms with Gasteiger partial charge in [-0.3, -0.25) is 9.48 Å². The van der Waals surface area contributed by atoms with Crippen molar-refractivity contribution >= 4 is 22.7 Å². The summed E-state index contributed by atoms with van der Waals surface area (Å²) >= 11 is 0. The number of benzene rings is 1. The second-order valence-corrected chi connectivity index (χ2v) is 7.65. The maximum absolute atomic E-state index is 13.0. The van der Waals surface area contributed by atoms with E-state index in [0.717, 1.165) is 23.0 Å². The van der Waals surface area contributed by atoms with Crippen LogP contribution in [0.15, 0.2) is 23.2 Å². The van der Waals surface area contributed by atoms with Crippen LogP contribution < -0.4 is 5.32 Å². The fraction of sp³-hybridized carbons (Fsp3) is 0.550. The molecule has 1 N–H and O–H groups in total. The van der Waals surface area contributed by atoms with Crippen LogP contribution in [0.25, 0.3) is 10.9 Å². The molecule has 7 nitrogen and oxygen atoms in total. The van der Waals surface area contributed by atoms with Gasteiger partial charge in [0.1, 0.15) is 6.61 Å². The van der Waals surface area contributed by atoms with Gasteiger partial charge >= 0.3 is 0 Å². The van der Waals surface area contributed by atoms with Crippen LogP contribution in [-0.4, -0.2) is 65.3 Å². The average Bonchev–Trinajstić information content (AvgIpc) is 3.36. The monoisotopic (exact) mass is 367 g/mol. The summed E-state index contributed by atoms with van der Waals surface area (Å²) in [7, 11) is 0. The van der Waals surface area contributed by atoms with Gasteiger partial charge in [0.2, 0.25) is 5.90 Å². The number of nitrogens with one attached hydrogen (secondary N) is 1. The smallest absolute Gasteiger partial charge is 0.272 e. The van der Waals surface area contributed by atoms with E-state index in [1.54, 1.807) is 0 Å². The van der Waals surface area contributed by atoms with E-state index in [4.69, 9.17) is 4.74 Å². The molecule has 1 aromatic heterocycles. The summed E-state index contributed by atoms with van der Waals surface area (Å²) in [6, 6.07) is 6.21. The Morgan fingerprint density at radius 2 is 2.19 bits per heavy atom. The molecule has 142 valence electrons. The highest BCUT2D eigenvalue weighted by Gasteiger charge is 2.35. The summed E-state index contributed by atoms with van der Waals surface area (Å²) in [4.78, 5) is 19.9. The Kier molecular flexibility index (Phi) is 4.11. The first kappa shape index (κ1) is 16.7. The second-order valence-electron chi connectivity index (χ2n) is 7.65. The molecule has 0 aliphatic carbocycles. The average molecular weight is 367 g/mol. The molecule has 5 heterocycles. The summed E-state index contributed by atoms with van der Waals surface area (Å²) in [6.45, 7) is 7.38. The number of nitrogens with zero attached hydrogens (tertiary/aromatic N) is 4. The Morgan fingerprint density at radius 3 is 2.85 bits per heavy atom. The third-order valence-corrected chi connectivity index (χ3v) is 6.07. The molecule has 4 aliphatic heterocycles. The SMILES string of the molecule is CCn1nc(C(=O)N[C@@H]2CN3CCC2CC3)c2ccc(C3=NCCO3)cc21. The number of aryl methyl sites for hydroxylation is 1. The molecule has 1 atom stereocenters. The first-order valence-electron chi connectivity index (χ1n) is 9.94. The van der Waals surface area contributed by atoms with Gasteiger partial charge in [-0.05, 0) is 57.0 Å². The number of rotatable bonds is 4. The van der Waals surface area contributed by atoms with E-state index >= 15 is 0 Å². The van der Waals surface area contributed by atoms with Gasteiger partial charge in [0.25, 0.3) is 5.91 Å². The molecular formula is C20H25N5O2. The van der Waals surface area contributed by atoms with E-state index in [2.05, 4.69) is 20.3 Å². The van der Waals surface area contributed by atoms with E-state index in [9.17, 15) is 4.79 Å². The van der Waals surface area contributed by atoms with Crippen molar-refractivity contribution in [3.8, 4) is 0 Å². The summed E-state index contributed by atoms with van der Waals surface area (Å²) in [5, 5.41) is 8.76. The van der Waals surface area contributed by atoms with Gasteiger partial charge in [0, 0.05) is 30.1 Å². The number of amides is 1. The van der Waals surface area contributed by atoms with E-state index < -0.39 is 0 Å². The Bertz CT molecular complexity index is 910. The summed E-state index contributed by atoms with van der Waals surface area (Å²) in [5.41, 5.74) is 2.41. The fourth-order valence-corrected chi connectivity index (χ4v) is 4.59. The van der Waals surface area contributed by atoms with E-state index in [-0.39, 0.29) is 11.9 Å². The fourth-order valence-electron chi connectivity index (χ4n) is 4.59. The van der Waals surface area contributed by atoms with Crippen LogP contribution in [0.5, 0.6) is 0 Å². The van der Waals surface area contributed by atoms with Gasteiger partial charge < -0.3 is 15.0 Å². The van der Waals surface area contributed by atoms with Crippen molar-refractivity contribution in [1.82, 2.24) is 20.0 Å². The van der Waals surface area contributed by atoms with Crippen molar-refractivity contribution in [2.45, 2.75) is 32.4 Å². The van der Waals surface area contributed by atoms with Gasteiger partial charge in [-0.25, -0.2) is 4.99 Å². The van der Waals surface area contributed by atoms with Gasteiger partial charge in [-0.15, -0.1) is 0 Å². The van der Waals surface area contributed by atoms with Crippen molar-refractivity contribution in [3.05, 3.63) is 29.5 Å².